The van der Waals surface area contributed by atoms with Crippen LogP contribution in [0.5, 0.6) is 11.5 Å². The Morgan fingerprint density at radius 2 is 1.58 bits per heavy atom. The fraction of sp³-hybridized carbons (Fsp3) is 0.0714. The summed E-state index contributed by atoms with van der Waals surface area (Å²) in [6.45, 7) is 0. The van der Waals surface area contributed by atoms with Crippen LogP contribution in [-0.2, 0) is 6.18 Å². The van der Waals surface area contributed by atoms with Crippen molar-refractivity contribution in [2.24, 2.45) is 0 Å². The van der Waals surface area contributed by atoms with Gasteiger partial charge in [-0.25, -0.2) is 0 Å². The van der Waals surface area contributed by atoms with Gasteiger partial charge in [0.25, 0.3) is 0 Å². The van der Waals surface area contributed by atoms with Crippen LogP contribution in [0.25, 0.3) is 0 Å². The average Bonchev–Trinajstić information content (AvgIpc) is 2.39. The highest BCUT2D eigenvalue weighted by molar-refractivity contribution is 5.74. The third kappa shape index (κ3) is 3.13. The molecular weight excluding hydrogens is 257 g/mol. The van der Waals surface area contributed by atoms with Gasteiger partial charge in [0.1, 0.15) is 17.8 Å². The van der Waals surface area contributed by atoms with Gasteiger partial charge in [-0.3, -0.25) is 4.79 Å². The molecule has 0 fully saturated rings. The molecule has 0 aliphatic rings. The van der Waals surface area contributed by atoms with Gasteiger partial charge in [0.15, 0.2) is 0 Å². The number of carbonyl (C=O) groups excluding carboxylic acids is 1. The van der Waals surface area contributed by atoms with Crippen molar-refractivity contribution in [1.82, 2.24) is 0 Å². The molecule has 0 heterocycles. The van der Waals surface area contributed by atoms with Crippen molar-refractivity contribution in [3.05, 3.63) is 59.7 Å². The van der Waals surface area contributed by atoms with Crippen LogP contribution in [0.15, 0.2) is 48.5 Å². The van der Waals surface area contributed by atoms with Crippen LogP contribution in [0.4, 0.5) is 13.2 Å². The summed E-state index contributed by atoms with van der Waals surface area (Å²) >= 11 is 0. The van der Waals surface area contributed by atoms with Crippen LogP contribution in [-0.4, -0.2) is 6.29 Å². The molecule has 98 valence electrons. The number of halogens is 3. The molecule has 2 aromatic rings. The summed E-state index contributed by atoms with van der Waals surface area (Å²) in [5.41, 5.74) is -0.411. The highest BCUT2D eigenvalue weighted by Crippen LogP contribution is 2.37. The molecule has 2 nitrogen and oxygen atoms in total. The normalized spacial score (nSPS) is 11.1. The number of alkyl halides is 3. The Balaban J connectivity index is 2.30. The number of para-hydroxylation sites is 1. The number of carbonyl (C=O) groups is 1. The predicted octanol–water partition coefficient (Wildman–Crippen LogP) is 4.31. The summed E-state index contributed by atoms with van der Waals surface area (Å²) in [7, 11) is 0. The molecule has 0 atom stereocenters. The lowest BCUT2D eigenvalue weighted by Gasteiger charge is -2.13. The average molecular weight is 266 g/mol. The molecule has 5 heteroatoms. The first-order chi connectivity index (χ1) is 9.00. The van der Waals surface area contributed by atoms with Crippen molar-refractivity contribution in [1.29, 1.82) is 0 Å². The predicted molar refractivity (Wildman–Crippen MR) is 63.3 cm³/mol. The van der Waals surface area contributed by atoms with Crippen molar-refractivity contribution >= 4 is 6.29 Å². The molecular formula is C14H9F3O2. The maximum absolute atomic E-state index is 12.7. The van der Waals surface area contributed by atoms with Gasteiger partial charge in [-0.05, 0) is 36.4 Å². The molecule has 2 rings (SSSR count). The van der Waals surface area contributed by atoms with Crippen LogP contribution in [0, 0.1) is 0 Å². The van der Waals surface area contributed by atoms with Crippen LogP contribution in [0.3, 0.4) is 0 Å². The Morgan fingerprint density at radius 3 is 2.16 bits per heavy atom. The number of hydrogen-bond acceptors (Lipinski definition) is 2. The first-order valence-electron chi connectivity index (χ1n) is 5.40. The molecule has 0 bridgehead atoms. The van der Waals surface area contributed by atoms with Crippen molar-refractivity contribution in [2.75, 3.05) is 0 Å². The second kappa shape index (κ2) is 5.14. The summed E-state index contributed by atoms with van der Waals surface area (Å²) in [4.78, 5) is 10.5. The maximum atomic E-state index is 12.7. The first-order valence-corrected chi connectivity index (χ1v) is 5.40. The molecule has 0 saturated heterocycles. The summed E-state index contributed by atoms with van der Waals surface area (Å²) in [5.74, 6) is -0.0313. The molecule has 0 N–H and O–H groups in total. The number of aldehydes is 1. The van der Waals surface area contributed by atoms with Crippen molar-refractivity contribution in [3.8, 4) is 11.5 Å². The van der Waals surface area contributed by atoms with Gasteiger partial charge >= 0.3 is 6.18 Å². The van der Waals surface area contributed by atoms with E-state index >= 15 is 0 Å². The number of ether oxygens (including phenoxy) is 1. The number of rotatable bonds is 3. The van der Waals surface area contributed by atoms with Gasteiger partial charge in [0.05, 0.1) is 5.56 Å². The minimum atomic E-state index is -4.47. The van der Waals surface area contributed by atoms with Gasteiger partial charge in [0.2, 0.25) is 0 Å². The second-order valence-electron chi connectivity index (χ2n) is 3.78. The van der Waals surface area contributed by atoms with E-state index in [1.807, 2.05) is 0 Å². The zero-order valence-electron chi connectivity index (χ0n) is 9.65. The third-order valence-corrected chi connectivity index (χ3v) is 2.44. The quantitative estimate of drug-likeness (QED) is 0.774. The zero-order valence-corrected chi connectivity index (χ0v) is 9.65. The zero-order chi connectivity index (χ0) is 13.9. The van der Waals surface area contributed by atoms with Gasteiger partial charge in [-0.1, -0.05) is 12.1 Å². The van der Waals surface area contributed by atoms with Crippen LogP contribution >= 0.6 is 0 Å². The monoisotopic (exact) mass is 266 g/mol. The first kappa shape index (κ1) is 13.1. The Bertz CT molecular complexity index is 574. The summed E-state index contributed by atoms with van der Waals surface area (Å²) in [5, 5.41) is 0. The van der Waals surface area contributed by atoms with Crippen molar-refractivity contribution < 1.29 is 22.7 Å². The van der Waals surface area contributed by atoms with Gasteiger partial charge in [-0.2, -0.15) is 13.2 Å². The Kier molecular flexibility index (Phi) is 3.55. The van der Waals surface area contributed by atoms with Crippen molar-refractivity contribution in [3.63, 3.8) is 0 Å². The molecule has 0 radical (unpaired) electrons. The molecule has 0 spiro atoms. The molecule has 0 aliphatic heterocycles. The molecule has 0 amide bonds. The van der Waals surface area contributed by atoms with E-state index < -0.39 is 11.7 Å². The Labute approximate surface area is 107 Å². The smallest absolute Gasteiger partial charge is 0.419 e. The minimum absolute atomic E-state index is 0.238. The standard InChI is InChI=1S/C14H9F3O2/c15-14(16,17)12-3-1-2-4-13(12)19-11-7-5-10(9-18)6-8-11/h1-9H. The molecule has 0 aliphatic carbocycles. The fourth-order valence-corrected chi connectivity index (χ4v) is 1.53. The lowest BCUT2D eigenvalue weighted by molar-refractivity contribution is -0.138. The summed E-state index contributed by atoms with van der Waals surface area (Å²) < 4.78 is 43.4. The lowest BCUT2D eigenvalue weighted by atomic mass is 10.2. The fourth-order valence-electron chi connectivity index (χ4n) is 1.53. The van der Waals surface area contributed by atoms with Crippen LogP contribution in [0.2, 0.25) is 0 Å². The van der Waals surface area contributed by atoms with E-state index in [9.17, 15) is 18.0 Å². The van der Waals surface area contributed by atoms with Gasteiger partial charge in [0, 0.05) is 5.56 Å². The Hall–Kier alpha value is -2.30. The van der Waals surface area contributed by atoms with Crippen molar-refractivity contribution in [2.45, 2.75) is 6.18 Å². The van der Waals surface area contributed by atoms with E-state index in [4.69, 9.17) is 4.74 Å². The second-order valence-corrected chi connectivity index (χ2v) is 3.78. The molecule has 2 aromatic carbocycles. The van der Waals surface area contributed by atoms with E-state index in [1.165, 1.54) is 42.5 Å². The molecule has 0 saturated carbocycles. The highest BCUT2D eigenvalue weighted by atomic mass is 19.4. The van der Waals surface area contributed by atoms with E-state index in [0.29, 0.717) is 11.8 Å². The van der Waals surface area contributed by atoms with Crippen LogP contribution in [0.1, 0.15) is 15.9 Å². The maximum Gasteiger partial charge on any atom is 0.419 e. The largest absolute Gasteiger partial charge is 0.457 e. The Morgan fingerprint density at radius 1 is 0.947 bits per heavy atom. The molecule has 19 heavy (non-hydrogen) atoms. The van der Waals surface area contributed by atoms with E-state index in [0.717, 1.165) is 6.07 Å². The molecule has 0 unspecified atom stereocenters. The van der Waals surface area contributed by atoms with E-state index in [2.05, 4.69) is 0 Å². The number of benzene rings is 2. The summed E-state index contributed by atoms with van der Waals surface area (Å²) in [6, 6.07) is 10.8. The summed E-state index contributed by atoms with van der Waals surface area (Å²) in [6.07, 6.45) is -3.83. The topological polar surface area (TPSA) is 26.3 Å². The molecule has 0 aromatic heterocycles. The van der Waals surface area contributed by atoms with E-state index in [-0.39, 0.29) is 11.5 Å². The lowest BCUT2D eigenvalue weighted by Crippen LogP contribution is -2.06. The van der Waals surface area contributed by atoms with Crippen LogP contribution < -0.4 is 4.74 Å². The van der Waals surface area contributed by atoms with E-state index in [1.54, 1.807) is 0 Å². The SMILES string of the molecule is O=Cc1ccc(Oc2ccccc2C(F)(F)F)cc1. The number of hydrogen-bond donors (Lipinski definition) is 0. The minimum Gasteiger partial charge on any atom is -0.457 e. The third-order valence-electron chi connectivity index (χ3n) is 2.44. The highest BCUT2D eigenvalue weighted by Gasteiger charge is 2.34. The van der Waals surface area contributed by atoms with Gasteiger partial charge < -0.3 is 4.74 Å². The van der Waals surface area contributed by atoms with Gasteiger partial charge in [-0.15, -0.1) is 0 Å².